The van der Waals surface area contributed by atoms with Gasteiger partial charge in [0.1, 0.15) is 12.7 Å². The lowest BCUT2D eigenvalue weighted by molar-refractivity contribution is 0.101. The fraction of sp³-hybridized carbons (Fsp3) is 0.545. The number of nitrogens with zero attached hydrogens (tertiary/aromatic N) is 6. The molecule has 106 valence electrons. The van der Waals surface area contributed by atoms with Gasteiger partial charge in [-0.05, 0) is 19.3 Å². The second-order valence-electron chi connectivity index (χ2n) is 4.61. The Kier molecular flexibility index (Phi) is 3.42. The minimum absolute atomic E-state index is 0.139. The summed E-state index contributed by atoms with van der Waals surface area (Å²) in [5.74, 6) is 0.904. The van der Waals surface area contributed by atoms with Gasteiger partial charge in [-0.2, -0.15) is 24.7 Å². The third-order valence-corrected chi connectivity index (χ3v) is 3.33. The van der Waals surface area contributed by atoms with E-state index in [0.717, 1.165) is 19.3 Å². The highest BCUT2D eigenvalue weighted by atomic mass is 16.5. The molecule has 2 aromatic rings. The molecule has 3 rings (SSSR count). The Morgan fingerprint density at radius 1 is 1.35 bits per heavy atom. The van der Waals surface area contributed by atoms with Crippen molar-refractivity contribution in [1.29, 1.82) is 0 Å². The van der Waals surface area contributed by atoms with Crippen molar-refractivity contribution in [3.63, 3.8) is 0 Å². The highest BCUT2D eigenvalue weighted by molar-refractivity contribution is 5.36. The largest absolute Gasteiger partial charge is 0.379 e. The van der Waals surface area contributed by atoms with Crippen LogP contribution in [0.15, 0.2) is 12.7 Å². The molecule has 0 bridgehead atoms. The van der Waals surface area contributed by atoms with Gasteiger partial charge in [-0.15, -0.1) is 0 Å². The molecule has 9 nitrogen and oxygen atoms in total. The van der Waals surface area contributed by atoms with Crippen molar-refractivity contribution < 1.29 is 4.74 Å². The minimum Gasteiger partial charge on any atom is -0.379 e. The smallest absolute Gasteiger partial charge is 0.258 e. The lowest BCUT2D eigenvalue weighted by Gasteiger charge is -2.19. The van der Waals surface area contributed by atoms with Crippen molar-refractivity contribution in [3.05, 3.63) is 12.7 Å². The van der Waals surface area contributed by atoms with E-state index in [-0.39, 0.29) is 18.1 Å². The Morgan fingerprint density at radius 2 is 2.25 bits per heavy atom. The first-order chi connectivity index (χ1) is 9.76. The summed E-state index contributed by atoms with van der Waals surface area (Å²) in [4.78, 5) is 16.3. The Hall–Kier alpha value is -2.29. The summed E-state index contributed by atoms with van der Waals surface area (Å²) in [7, 11) is 1.72. The Labute approximate surface area is 115 Å². The van der Waals surface area contributed by atoms with Crippen molar-refractivity contribution in [1.82, 2.24) is 29.7 Å². The lowest BCUT2D eigenvalue weighted by atomic mass is 10.2. The van der Waals surface area contributed by atoms with E-state index < -0.39 is 0 Å². The van der Waals surface area contributed by atoms with Gasteiger partial charge in [-0.25, -0.2) is 4.98 Å². The molecule has 1 aliphatic rings. The van der Waals surface area contributed by atoms with Crippen LogP contribution < -0.4 is 11.1 Å². The summed E-state index contributed by atoms with van der Waals surface area (Å²) in [5, 5.41) is 7.23. The Balaban J connectivity index is 1.83. The van der Waals surface area contributed by atoms with Gasteiger partial charge in [0.05, 0.1) is 12.1 Å². The number of hydrogen-bond donors (Lipinski definition) is 2. The molecule has 0 aromatic carbocycles. The van der Waals surface area contributed by atoms with Crippen molar-refractivity contribution in [2.24, 2.45) is 0 Å². The molecule has 0 saturated heterocycles. The summed E-state index contributed by atoms with van der Waals surface area (Å²) in [5.41, 5.74) is 5.71. The van der Waals surface area contributed by atoms with Crippen LogP contribution in [0.4, 0.5) is 11.9 Å². The molecule has 2 aromatic heterocycles. The maximum absolute atomic E-state index is 5.71. The van der Waals surface area contributed by atoms with Gasteiger partial charge in [0.15, 0.2) is 0 Å². The van der Waals surface area contributed by atoms with E-state index in [1.54, 1.807) is 7.11 Å². The summed E-state index contributed by atoms with van der Waals surface area (Å²) in [6.45, 7) is 0. The van der Waals surface area contributed by atoms with Gasteiger partial charge in [-0.3, -0.25) is 0 Å². The average molecular weight is 276 g/mol. The van der Waals surface area contributed by atoms with Crippen molar-refractivity contribution in [2.75, 3.05) is 18.2 Å². The molecule has 20 heavy (non-hydrogen) atoms. The number of nitrogens with one attached hydrogen (secondary N) is 1. The van der Waals surface area contributed by atoms with Crippen molar-refractivity contribution >= 4 is 11.9 Å². The highest BCUT2D eigenvalue weighted by Gasteiger charge is 2.27. The number of rotatable bonds is 4. The highest BCUT2D eigenvalue weighted by Crippen LogP contribution is 2.24. The quantitative estimate of drug-likeness (QED) is 0.802. The fourth-order valence-electron chi connectivity index (χ4n) is 2.40. The van der Waals surface area contributed by atoms with Gasteiger partial charge < -0.3 is 15.8 Å². The number of ether oxygens (including phenoxy) is 1. The Bertz CT molecular complexity index is 572. The predicted octanol–water partition coefficient (Wildman–Crippen LogP) is 0.0139. The molecule has 2 atom stereocenters. The maximum Gasteiger partial charge on any atom is 0.258 e. The number of hydrogen-bond acceptors (Lipinski definition) is 8. The molecule has 2 heterocycles. The van der Waals surface area contributed by atoms with Crippen LogP contribution in [0.5, 0.6) is 0 Å². The maximum atomic E-state index is 5.71. The van der Waals surface area contributed by atoms with Crippen molar-refractivity contribution in [2.45, 2.75) is 31.4 Å². The molecular weight excluding hydrogens is 260 g/mol. The number of methoxy groups -OCH3 is 1. The number of anilines is 2. The van der Waals surface area contributed by atoms with Crippen LogP contribution in [0, 0.1) is 0 Å². The standard InChI is InChI=1S/C11H16N8O/c1-20-8-4-2-3-7(8)15-10-16-9(12)17-11(18-10)19-6-13-5-14-19/h5-8H,2-4H2,1H3,(H3,12,15,16,17,18). The van der Waals surface area contributed by atoms with Crippen LogP contribution in [-0.4, -0.2) is 49.0 Å². The SMILES string of the molecule is COC1CCCC1Nc1nc(N)nc(-n2cncn2)n1. The third kappa shape index (κ3) is 2.52. The summed E-state index contributed by atoms with van der Waals surface area (Å²) in [6.07, 6.45) is 6.25. The van der Waals surface area contributed by atoms with E-state index >= 15 is 0 Å². The van der Waals surface area contributed by atoms with Gasteiger partial charge >= 0.3 is 0 Å². The normalized spacial score (nSPS) is 22.1. The fourth-order valence-corrected chi connectivity index (χ4v) is 2.40. The number of nitrogens with two attached hydrogens (primary N) is 1. The minimum atomic E-state index is 0.139. The molecule has 0 spiro atoms. The monoisotopic (exact) mass is 276 g/mol. The summed E-state index contributed by atoms with van der Waals surface area (Å²) >= 11 is 0. The van der Waals surface area contributed by atoms with E-state index in [9.17, 15) is 0 Å². The second kappa shape index (κ2) is 5.37. The first-order valence-electron chi connectivity index (χ1n) is 6.42. The average Bonchev–Trinajstić information content (AvgIpc) is 3.08. The van der Waals surface area contributed by atoms with Gasteiger partial charge in [0.25, 0.3) is 5.95 Å². The number of aromatic nitrogens is 6. The van der Waals surface area contributed by atoms with Crippen LogP contribution in [0.2, 0.25) is 0 Å². The van der Waals surface area contributed by atoms with Crippen LogP contribution in [0.3, 0.4) is 0 Å². The first-order valence-corrected chi connectivity index (χ1v) is 6.42. The topological polar surface area (TPSA) is 117 Å². The van der Waals surface area contributed by atoms with E-state index in [1.165, 1.54) is 17.3 Å². The second-order valence-corrected chi connectivity index (χ2v) is 4.61. The molecule has 3 N–H and O–H groups in total. The number of nitrogen functional groups attached to an aromatic ring is 1. The van der Waals surface area contributed by atoms with Crippen LogP contribution in [-0.2, 0) is 4.74 Å². The van der Waals surface area contributed by atoms with Crippen LogP contribution >= 0.6 is 0 Å². The van der Waals surface area contributed by atoms with E-state index in [1.807, 2.05) is 0 Å². The van der Waals surface area contributed by atoms with E-state index in [4.69, 9.17) is 10.5 Å². The molecule has 1 fully saturated rings. The Morgan fingerprint density at radius 3 is 3.00 bits per heavy atom. The van der Waals surface area contributed by atoms with E-state index in [2.05, 4.69) is 30.4 Å². The third-order valence-electron chi connectivity index (χ3n) is 3.33. The van der Waals surface area contributed by atoms with Crippen molar-refractivity contribution in [3.8, 4) is 5.95 Å². The van der Waals surface area contributed by atoms with Gasteiger partial charge in [0, 0.05) is 7.11 Å². The van der Waals surface area contributed by atoms with Gasteiger partial charge in [0.2, 0.25) is 11.9 Å². The predicted molar refractivity (Wildman–Crippen MR) is 71.2 cm³/mol. The van der Waals surface area contributed by atoms with Crippen LogP contribution in [0.25, 0.3) is 5.95 Å². The zero-order valence-electron chi connectivity index (χ0n) is 11.1. The molecule has 2 unspecified atom stereocenters. The van der Waals surface area contributed by atoms with Gasteiger partial charge in [-0.1, -0.05) is 0 Å². The first kappa shape index (κ1) is 12.7. The zero-order valence-corrected chi connectivity index (χ0v) is 11.1. The lowest BCUT2D eigenvalue weighted by Crippen LogP contribution is -2.31. The van der Waals surface area contributed by atoms with E-state index in [0.29, 0.717) is 11.9 Å². The molecule has 9 heteroatoms. The molecular formula is C11H16N8O. The molecule has 1 aliphatic carbocycles. The zero-order chi connectivity index (χ0) is 13.9. The summed E-state index contributed by atoms with van der Waals surface area (Å²) in [6, 6.07) is 0.186. The molecule has 0 radical (unpaired) electrons. The molecule has 0 aliphatic heterocycles. The molecule has 0 amide bonds. The molecule has 1 saturated carbocycles. The van der Waals surface area contributed by atoms with Crippen LogP contribution in [0.1, 0.15) is 19.3 Å². The summed E-state index contributed by atoms with van der Waals surface area (Å²) < 4.78 is 6.87.